The van der Waals surface area contributed by atoms with Crippen LogP contribution in [0, 0.1) is 61.3 Å². The van der Waals surface area contributed by atoms with Gasteiger partial charge in [-0.1, -0.05) is 0 Å². The van der Waals surface area contributed by atoms with Crippen LogP contribution >= 0.6 is 0 Å². The molecular weight excluding hydrogens is 595 g/mol. The fourth-order valence-corrected chi connectivity index (χ4v) is 7.44. The number of aromatic nitrogens is 2. The van der Waals surface area contributed by atoms with Crippen molar-refractivity contribution in [3.63, 3.8) is 0 Å². The lowest BCUT2D eigenvalue weighted by atomic mass is 9.91. The van der Waals surface area contributed by atoms with Crippen molar-refractivity contribution in [1.29, 1.82) is 0 Å². The van der Waals surface area contributed by atoms with Crippen molar-refractivity contribution >= 4 is 67.1 Å². The lowest BCUT2D eigenvalue weighted by molar-refractivity contribution is 0.660. The highest BCUT2D eigenvalue weighted by atomic mass is 19.1. The van der Waals surface area contributed by atoms with E-state index in [9.17, 15) is 0 Å². The van der Waals surface area contributed by atoms with Gasteiger partial charge in [0.25, 0.3) is 0 Å². The van der Waals surface area contributed by atoms with E-state index in [2.05, 4.69) is 113 Å². The highest BCUT2D eigenvalue weighted by Gasteiger charge is 2.37. The van der Waals surface area contributed by atoms with Crippen LogP contribution < -0.4 is 0 Å². The zero-order valence-electron chi connectivity index (χ0n) is 28.4. The molecule has 7 heteroatoms. The van der Waals surface area contributed by atoms with Crippen molar-refractivity contribution in [3.8, 4) is 0 Å². The number of allylic oxidation sites excluding steroid dienone is 3. The molecule has 0 radical (unpaired) electrons. The molecule has 4 heterocycles. The van der Waals surface area contributed by atoms with Gasteiger partial charge in [0.05, 0.1) is 33.5 Å². The van der Waals surface area contributed by atoms with Gasteiger partial charge in [-0.25, -0.2) is 14.4 Å². The van der Waals surface area contributed by atoms with Gasteiger partial charge in [-0.3, -0.25) is 9.13 Å². The van der Waals surface area contributed by atoms with Crippen molar-refractivity contribution in [2.45, 2.75) is 55.4 Å². The topological polar surface area (TPSA) is 59.3 Å². The van der Waals surface area contributed by atoms with Gasteiger partial charge in [-0.2, -0.15) is 9.98 Å². The molecule has 3 aliphatic rings. The van der Waals surface area contributed by atoms with Crippen molar-refractivity contribution in [2.24, 2.45) is 25.9 Å². The van der Waals surface area contributed by atoms with Crippen molar-refractivity contribution in [1.82, 2.24) is 9.13 Å². The molecule has 2 aliphatic heterocycles. The van der Waals surface area contributed by atoms with Gasteiger partial charge >= 0.3 is 0 Å². The average molecular weight is 631 g/mol. The predicted octanol–water partition coefficient (Wildman–Crippen LogP) is 9.71. The van der Waals surface area contributed by atoms with Gasteiger partial charge in [0, 0.05) is 21.5 Å². The van der Waals surface area contributed by atoms with Crippen molar-refractivity contribution < 1.29 is 4.39 Å². The largest absolute Gasteiger partial charge is 0.278 e. The van der Waals surface area contributed by atoms with Crippen LogP contribution in [0.5, 0.6) is 0 Å². The molecule has 6 nitrogen and oxygen atoms in total. The Morgan fingerprint density at radius 1 is 0.458 bits per heavy atom. The first-order valence-corrected chi connectivity index (χ1v) is 16.5. The van der Waals surface area contributed by atoms with Crippen LogP contribution in [-0.4, -0.2) is 32.6 Å². The summed E-state index contributed by atoms with van der Waals surface area (Å²) in [5, 5.41) is 4.56. The second-order valence-electron chi connectivity index (χ2n) is 13.8. The lowest BCUT2D eigenvalue weighted by Crippen LogP contribution is -2.36. The van der Waals surface area contributed by atoms with Crippen LogP contribution in [0.1, 0.15) is 44.5 Å². The number of halogens is 1. The number of fused-ring (bicyclic) bond motifs is 6. The number of rotatable bonds is 0. The number of aryl methyl sites for hydroxylation is 8. The molecule has 0 bridgehead atoms. The third kappa shape index (κ3) is 3.97. The summed E-state index contributed by atoms with van der Waals surface area (Å²) < 4.78 is 19.7. The monoisotopic (exact) mass is 630 g/mol. The number of amidine groups is 1. The molecule has 1 atom stereocenters. The first kappa shape index (κ1) is 28.8. The quantitative estimate of drug-likeness (QED) is 0.160. The van der Waals surface area contributed by atoms with Gasteiger partial charge in [0.1, 0.15) is 11.7 Å². The van der Waals surface area contributed by atoms with Gasteiger partial charge in [-0.05, 0) is 161 Å². The van der Waals surface area contributed by atoms with E-state index in [0.29, 0.717) is 29.2 Å². The van der Waals surface area contributed by atoms with E-state index >= 15 is 4.39 Å². The van der Waals surface area contributed by atoms with Crippen LogP contribution in [0.3, 0.4) is 0 Å². The maximum Gasteiger partial charge on any atom is 0.236 e. The number of benzene rings is 4. The average Bonchev–Trinajstić information content (AvgIpc) is 3.48. The molecule has 236 valence electrons. The molecule has 9 rings (SSSR count). The summed E-state index contributed by atoms with van der Waals surface area (Å²) in [6, 6.07) is 17.8. The van der Waals surface area contributed by atoms with Crippen LogP contribution in [0.25, 0.3) is 43.6 Å². The van der Waals surface area contributed by atoms with Crippen LogP contribution in [0.15, 0.2) is 92.2 Å². The molecule has 0 saturated heterocycles. The molecule has 4 aromatic carbocycles. The number of aliphatic imine (C=N–C) groups is 4. The second-order valence-corrected chi connectivity index (χ2v) is 13.8. The molecule has 2 aromatic heterocycles. The Balaban J connectivity index is 1.34. The zero-order valence-corrected chi connectivity index (χ0v) is 28.4. The summed E-state index contributed by atoms with van der Waals surface area (Å²) >= 11 is 0. The maximum absolute atomic E-state index is 15.4. The van der Waals surface area contributed by atoms with E-state index in [-0.39, 0.29) is 5.83 Å². The summed E-state index contributed by atoms with van der Waals surface area (Å²) in [4.78, 5) is 20.5. The Hall–Kier alpha value is -5.43. The third-order valence-corrected chi connectivity index (χ3v) is 10.7. The fourth-order valence-electron chi connectivity index (χ4n) is 7.44. The molecule has 48 heavy (non-hydrogen) atoms. The molecule has 1 unspecified atom stereocenters. The van der Waals surface area contributed by atoms with Crippen molar-refractivity contribution in [3.05, 3.63) is 117 Å². The highest BCUT2D eigenvalue weighted by Crippen LogP contribution is 2.38. The normalized spacial score (nSPS) is 17.4. The summed E-state index contributed by atoms with van der Waals surface area (Å²) in [6.45, 7) is 17.1. The Labute approximate surface area is 278 Å². The van der Waals surface area contributed by atoms with E-state index in [0.717, 1.165) is 43.6 Å². The SMILES string of the molecule is Cc1cc2c3cc(C)c(C)cc3n(C3=NC4=CC(F)=CC5=NC(n6c7cc(C)c(C)cc7c7cc(C)c(C)cc76)=NC(=N3)C45)c2cc1C. The van der Waals surface area contributed by atoms with E-state index in [1.165, 1.54) is 56.7 Å². The summed E-state index contributed by atoms with van der Waals surface area (Å²) in [5.74, 6) is 0.668. The van der Waals surface area contributed by atoms with Gasteiger partial charge < -0.3 is 0 Å². The summed E-state index contributed by atoms with van der Waals surface area (Å²) in [7, 11) is 0. The Morgan fingerprint density at radius 3 is 1.25 bits per heavy atom. The number of nitrogens with zero attached hydrogens (tertiary/aromatic N) is 6. The standard InChI is InChI=1S/C41H35FN6/c1-19-9-28-29-10-20(2)24(6)14-35(29)47(34(28)13-23(19)5)40-43-32-17-27(42)18-33-38(32)39(45-40)46-41(44-33)48-36-15-25(7)21(3)11-30(36)31-12-22(4)26(8)16-37(31)48/h9-18,38H,1-8H3. The molecule has 0 N–H and O–H groups in total. The lowest BCUT2D eigenvalue weighted by Gasteiger charge is -2.28. The second kappa shape index (κ2) is 9.80. The summed E-state index contributed by atoms with van der Waals surface area (Å²) in [5.41, 5.74) is 14.8. The van der Waals surface area contributed by atoms with Crippen molar-refractivity contribution in [2.75, 3.05) is 0 Å². The van der Waals surface area contributed by atoms with Gasteiger partial charge in [0.15, 0.2) is 5.84 Å². The highest BCUT2D eigenvalue weighted by molar-refractivity contribution is 6.29. The molecule has 6 aromatic rings. The third-order valence-electron chi connectivity index (χ3n) is 10.7. The van der Waals surface area contributed by atoms with E-state index in [1.54, 1.807) is 0 Å². The van der Waals surface area contributed by atoms with E-state index in [1.807, 2.05) is 0 Å². The number of hydrogen-bond donors (Lipinski definition) is 0. The molecule has 1 aliphatic carbocycles. The first-order chi connectivity index (χ1) is 23.0. The van der Waals surface area contributed by atoms with E-state index in [4.69, 9.17) is 20.0 Å². The molecule has 0 amide bonds. The number of hydrogen-bond acceptors (Lipinski definition) is 4. The van der Waals surface area contributed by atoms with Crippen LogP contribution in [0.2, 0.25) is 0 Å². The molecule has 0 fully saturated rings. The Morgan fingerprint density at radius 2 is 0.833 bits per heavy atom. The Bertz CT molecular complexity index is 2430. The van der Waals surface area contributed by atoms with Crippen LogP contribution in [-0.2, 0) is 0 Å². The van der Waals surface area contributed by atoms with E-state index < -0.39 is 5.92 Å². The first-order valence-electron chi connectivity index (χ1n) is 16.5. The zero-order chi connectivity index (χ0) is 33.3. The fraction of sp³-hybridized carbons (Fsp3) is 0.220. The molecular formula is C41H35FN6. The van der Waals surface area contributed by atoms with Gasteiger partial charge in [0.2, 0.25) is 11.9 Å². The molecule has 0 saturated carbocycles. The minimum atomic E-state index is -0.445. The Kier molecular flexibility index (Phi) is 5.87. The van der Waals surface area contributed by atoms with Crippen LogP contribution in [0.4, 0.5) is 4.39 Å². The predicted molar refractivity (Wildman–Crippen MR) is 198 cm³/mol. The van der Waals surface area contributed by atoms with Gasteiger partial charge in [-0.15, -0.1) is 0 Å². The maximum atomic E-state index is 15.4. The minimum absolute atomic E-state index is 0.383. The molecule has 0 spiro atoms. The summed E-state index contributed by atoms with van der Waals surface area (Å²) in [6.07, 6.45) is 2.99. The smallest absolute Gasteiger partial charge is 0.236 e. The minimum Gasteiger partial charge on any atom is -0.278 e.